The van der Waals surface area contributed by atoms with Crippen LogP contribution in [0.15, 0.2) is 54.6 Å². The van der Waals surface area contributed by atoms with Gasteiger partial charge in [-0.2, -0.15) is 5.10 Å². The zero-order valence-corrected chi connectivity index (χ0v) is 16.9. The summed E-state index contributed by atoms with van der Waals surface area (Å²) in [5, 5.41) is 16.0. The van der Waals surface area contributed by atoms with Crippen LogP contribution in [0.25, 0.3) is 16.8 Å². The van der Waals surface area contributed by atoms with Crippen LogP contribution in [-0.2, 0) is 11.3 Å². The molecule has 0 radical (unpaired) electrons. The van der Waals surface area contributed by atoms with Crippen LogP contribution in [0.2, 0.25) is 0 Å². The number of anilines is 1. The van der Waals surface area contributed by atoms with Gasteiger partial charge in [-0.3, -0.25) is 4.79 Å². The van der Waals surface area contributed by atoms with Crippen molar-refractivity contribution in [3.05, 3.63) is 71.7 Å². The van der Waals surface area contributed by atoms with Crippen LogP contribution in [0.3, 0.4) is 0 Å². The predicted octanol–water partition coefficient (Wildman–Crippen LogP) is 3.51. The molecule has 1 amide bonds. The van der Waals surface area contributed by atoms with E-state index >= 15 is 0 Å². The predicted molar refractivity (Wildman–Crippen MR) is 113 cm³/mol. The number of rotatable bonds is 6. The topological polar surface area (TPSA) is 90.6 Å². The Labute approximate surface area is 173 Å². The average molecular weight is 403 g/mol. The first-order chi connectivity index (χ1) is 14.6. The molecular formula is C22H21N5O3. The van der Waals surface area contributed by atoms with Crippen molar-refractivity contribution >= 4 is 17.2 Å². The lowest BCUT2D eigenvalue weighted by Gasteiger charge is -2.10. The van der Waals surface area contributed by atoms with Gasteiger partial charge >= 0.3 is 0 Å². The van der Waals surface area contributed by atoms with Crippen molar-refractivity contribution in [1.29, 1.82) is 0 Å². The van der Waals surface area contributed by atoms with E-state index in [-0.39, 0.29) is 5.69 Å². The highest BCUT2D eigenvalue weighted by Gasteiger charge is 2.22. The van der Waals surface area contributed by atoms with Gasteiger partial charge in [0, 0.05) is 7.11 Å². The third-order valence-corrected chi connectivity index (χ3v) is 4.75. The summed E-state index contributed by atoms with van der Waals surface area (Å²) in [7, 11) is 3.16. The summed E-state index contributed by atoms with van der Waals surface area (Å²) in [6.07, 6.45) is 0. The lowest BCUT2D eigenvalue weighted by atomic mass is 10.1. The van der Waals surface area contributed by atoms with E-state index in [2.05, 4.69) is 20.6 Å². The minimum atomic E-state index is -0.392. The Bertz CT molecular complexity index is 1200. The number of nitrogens with one attached hydrogen (secondary N) is 1. The molecule has 0 aliphatic heterocycles. The Morgan fingerprint density at radius 1 is 1.03 bits per heavy atom. The van der Waals surface area contributed by atoms with Crippen LogP contribution >= 0.6 is 0 Å². The van der Waals surface area contributed by atoms with Crippen LogP contribution in [0.5, 0.6) is 5.75 Å². The number of ether oxygens (including phenoxy) is 2. The number of aromatic nitrogens is 4. The molecule has 0 spiro atoms. The number of hydrogen-bond donors (Lipinski definition) is 1. The van der Waals surface area contributed by atoms with Gasteiger partial charge in [0.2, 0.25) is 0 Å². The molecule has 0 atom stereocenters. The third kappa shape index (κ3) is 3.48. The number of aryl methyl sites for hydroxylation is 1. The van der Waals surface area contributed by atoms with Crippen molar-refractivity contribution in [2.24, 2.45) is 0 Å². The van der Waals surface area contributed by atoms with Crippen molar-refractivity contribution < 1.29 is 14.3 Å². The number of hydrogen-bond acceptors (Lipinski definition) is 6. The maximum Gasteiger partial charge on any atom is 0.278 e. The van der Waals surface area contributed by atoms with Crippen LogP contribution < -0.4 is 10.1 Å². The Balaban J connectivity index is 1.78. The molecule has 0 unspecified atom stereocenters. The number of carbonyl (C=O) groups is 1. The molecule has 8 nitrogen and oxygen atoms in total. The number of para-hydroxylation sites is 2. The van der Waals surface area contributed by atoms with Gasteiger partial charge in [-0.1, -0.05) is 42.5 Å². The first kappa shape index (κ1) is 19.5. The first-order valence-corrected chi connectivity index (χ1v) is 9.37. The van der Waals surface area contributed by atoms with E-state index < -0.39 is 5.91 Å². The molecule has 2 aromatic carbocycles. The fraction of sp³-hybridized carbons (Fsp3) is 0.182. The minimum Gasteiger partial charge on any atom is -0.495 e. The zero-order chi connectivity index (χ0) is 21.1. The molecule has 0 aliphatic carbocycles. The van der Waals surface area contributed by atoms with Gasteiger partial charge in [0.25, 0.3) is 5.91 Å². The highest BCUT2D eigenvalue weighted by Crippen LogP contribution is 2.29. The van der Waals surface area contributed by atoms with Gasteiger partial charge in [0.15, 0.2) is 11.3 Å². The Kier molecular flexibility index (Phi) is 5.40. The molecule has 0 saturated heterocycles. The van der Waals surface area contributed by atoms with Gasteiger partial charge in [-0.15, -0.1) is 10.2 Å². The second kappa shape index (κ2) is 8.30. The second-order valence-corrected chi connectivity index (χ2v) is 6.64. The minimum absolute atomic E-state index is 0.180. The molecule has 4 aromatic rings. The molecule has 0 aliphatic rings. The quantitative estimate of drug-likeness (QED) is 0.530. The van der Waals surface area contributed by atoms with Crippen molar-refractivity contribution in [3.63, 3.8) is 0 Å². The monoisotopic (exact) mass is 403 g/mol. The standard InChI is InChI=1S/C22H21N5O3/c1-14-20(22(28)23-16-11-7-8-12-18(16)30-3)24-25-21-19(15-9-5-4-6-10-15)17(13-29-2)26-27(14)21/h4-12H,13H2,1-3H3,(H,23,28). The van der Waals surface area contributed by atoms with E-state index in [0.717, 1.165) is 16.8 Å². The van der Waals surface area contributed by atoms with Crippen LogP contribution in [0, 0.1) is 6.92 Å². The number of nitrogens with zero attached hydrogens (tertiary/aromatic N) is 4. The van der Waals surface area contributed by atoms with Crippen LogP contribution in [-0.4, -0.2) is 39.9 Å². The van der Waals surface area contributed by atoms with Crippen LogP contribution in [0.4, 0.5) is 5.69 Å². The molecule has 0 bridgehead atoms. The highest BCUT2D eigenvalue weighted by molar-refractivity contribution is 6.04. The Morgan fingerprint density at radius 3 is 2.50 bits per heavy atom. The lowest BCUT2D eigenvalue weighted by molar-refractivity contribution is 0.101. The largest absolute Gasteiger partial charge is 0.495 e. The van der Waals surface area contributed by atoms with E-state index in [9.17, 15) is 4.79 Å². The molecule has 2 heterocycles. The molecular weight excluding hydrogens is 382 g/mol. The maximum atomic E-state index is 12.9. The Hall–Kier alpha value is -3.78. The van der Waals surface area contributed by atoms with E-state index in [1.165, 1.54) is 0 Å². The smallest absolute Gasteiger partial charge is 0.278 e. The summed E-state index contributed by atoms with van der Waals surface area (Å²) in [6, 6.07) is 17.0. The molecule has 30 heavy (non-hydrogen) atoms. The molecule has 2 aromatic heterocycles. The van der Waals surface area contributed by atoms with E-state index in [1.807, 2.05) is 42.5 Å². The van der Waals surface area contributed by atoms with Crippen LogP contribution in [0.1, 0.15) is 21.9 Å². The number of fused-ring (bicyclic) bond motifs is 1. The zero-order valence-electron chi connectivity index (χ0n) is 16.9. The number of amides is 1. The number of benzene rings is 2. The van der Waals surface area contributed by atoms with E-state index in [1.54, 1.807) is 37.8 Å². The van der Waals surface area contributed by atoms with E-state index in [0.29, 0.717) is 29.4 Å². The molecule has 1 N–H and O–H groups in total. The summed E-state index contributed by atoms with van der Waals surface area (Å²) in [5.74, 6) is 0.168. The van der Waals surface area contributed by atoms with Crippen molar-refractivity contribution in [1.82, 2.24) is 19.8 Å². The summed E-state index contributed by atoms with van der Waals surface area (Å²) >= 11 is 0. The SMILES string of the molecule is COCc1nn2c(C)c(C(=O)Nc3ccccc3OC)nnc2c1-c1ccccc1. The summed E-state index contributed by atoms with van der Waals surface area (Å²) in [5.41, 5.74) is 4.40. The van der Waals surface area contributed by atoms with Crippen molar-refractivity contribution in [2.75, 3.05) is 19.5 Å². The van der Waals surface area contributed by atoms with Crippen molar-refractivity contribution in [3.8, 4) is 16.9 Å². The molecule has 152 valence electrons. The Morgan fingerprint density at radius 2 is 1.77 bits per heavy atom. The summed E-state index contributed by atoms with van der Waals surface area (Å²) in [4.78, 5) is 12.9. The molecule has 8 heteroatoms. The van der Waals surface area contributed by atoms with Gasteiger partial charge in [-0.25, -0.2) is 4.52 Å². The molecule has 0 saturated carbocycles. The van der Waals surface area contributed by atoms with Gasteiger partial charge in [0.1, 0.15) is 5.75 Å². The fourth-order valence-electron chi connectivity index (χ4n) is 3.33. The third-order valence-electron chi connectivity index (χ3n) is 4.75. The van der Waals surface area contributed by atoms with Gasteiger partial charge < -0.3 is 14.8 Å². The lowest BCUT2D eigenvalue weighted by Crippen LogP contribution is -2.19. The fourth-order valence-corrected chi connectivity index (χ4v) is 3.33. The van der Waals surface area contributed by atoms with Gasteiger partial charge in [-0.05, 0) is 24.6 Å². The first-order valence-electron chi connectivity index (χ1n) is 9.37. The summed E-state index contributed by atoms with van der Waals surface area (Å²) in [6.45, 7) is 2.10. The molecule has 0 fully saturated rings. The maximum absolute atomic E-state index is 12.9. The number of methoxy groups -OCH3 is 2. The normalized spacial score (nSPS) is 10.9. The highest BCUT2D eigenvalue weighted by atomic mass is 16.5. The second-order valence-electron chi connectivity index (χ2n) is 6.64. The number of carbonyl (C=O) groups excluding carboxylic acids is 1. The van der Waals surface area contributed by atoms with E-state index in [4.69, 9.17) is 9.47 Å². The van der Waals surface area contributed by atoms with Gasteiger partial charge in [0.05, 0.1) is 36.4 Å². The summed E-state index contributed by atoms with van der Waals surface area (Å²) < 4.78 is 12.3. The van der Waals surface area contributed by atoms with Crippen molar-refractivity contribution in [2.45, 2.75) is 13.5 Å². The molecule has 4 rings (SSSR count). The average Bonchev–Trinajstić information content (AvgIpc) is 3.14.